The number of aromatic nitrogens is 2. The number of hydrogen-bond donors (Lipinski definition) is 0. The molecule has 0 saturated carbocycles. The Morgan fingerprint density at radius 1 is 0.846 bits per heavy atom. The maximum atomic E-state index is 13.8. The van der Waals surface area contributed by atoms with Crippen LogP contribution in [0.1, 0.15) is 21.6 Å². The highest BCUT2D eigenvalue weighted by atomic mass is 32.1. The van der Waals surface area contributed by atoms with Gasteiger partial charge in [-0.3, -0.25) is 4.79 Å². The number of piperazine rings is 1. The summed E-state index contributed by atoms with van der Waals surface area (Å²) in [6, 6.07) is 33.3. The first kappa shape index (κ1) is 25.1. The van der Waals surface area contributed by atoms with E-state index in [9.17, 15) is 4.79 Å². The molecule has 2 aromatic heterocycles. The van der Waals surface area contributed by atoms with E-state index in [1.165, 1.54) is 11.3 Å². The average Bonchev–Trinajstić information content (AvgIpc) is 3.62. The Morgan fingerprint density at radius 3 is 2.18 bits per heavy atom. The minimum atomic E-state index is 0.110. The van der Waals surface area contributed by atoms with Gasteiger partial charge >= 0.3 is 0 Å². The number of aryl methyl sites for hydroxylation is 1. The van der Waals surface area contributed by atoms with E-state index in [1.54, 1.807) is 11.3 Å². The fourth-order valence-corrected chi connectivity index (χ4v) is 6.15. The molecular weight excluding hydrogens is 500 g/mol. The molecule has 1 saturated heterocycles. The second-order valence-electron chi connectivity index (χ2n) is 9.93. The van der Waals surface area contributed by atoms with Gasteiger partial charge in [0, 0.05) is 55.0 Å². The van der Waals surface area contributed by atoms with E-state index in [0.717, 1.165) is 59.3 Å². The normalized spacial score (nSPS) is 13.6. The van der Waals surface area contributed by atoms with Gasteiger partial charge in [-0.25, -0.2) is 4.98 Å². The third-order valence-corrected chi connectivity index (χ3v) is 8.43. The molecule has 0 N–H and O–H groups in total. The standard InChI is InChI=1S/C33H32N4OS/c1-25-29(33(38)36-21-19-35(20-22-36)28-15-9-4-10-16-28)23-31(37(25)18-17-26-11-5-2-6-12-26)30-24-39-32(34-30)27-13-7-3-8-14-27/h2-16,23-24H,17-22H2,1H3. The highest BCUT2D eigenvalue weighted by molar-refractivity contribution is 7.13. The molecule has 5 aromatic rings. The Morgan fingerprint density at radius 2 is 1.49 bits per heavy atom. The first-order valence-electron chi connectivity index (χ1n) is 13.5. The van der Waals surface area contributed by atoms with Crippen molar-refractivity contribution in [1.29, 1.82) is 0 Å². The SMILES string of the molecule is Cc1c(C(=O)N2CCN(c3ccccc3)CC2)cc(-c2csc(-c3ccccc3)n2)n1CCc1ccccc1. The second kappa shape index (κ2) is 11.3. The van der Waals surface area contributed by atoms with Crippen molar-refractivity contribution in [2.24, 2.45) is 0 Å². The van der Waals surface area contributed by atoms with E-state index >= 15 is 0 Å². The van der Waals surface area contributed by atoms with Gasteiger partial charge in [-0.15, -0.1) is 11.3 Å². The Balaban J connectivity index is 1.28. The van der Waals surface area contributed by atoms with Crippen LogP contribution in [0.3, 0.4) is 0 Å². The lowest BCUT2D eigenvalue weighted by atomic mass is 10.1. The largest absolute Gasteiger partial charge is 0.368 e. The maximum absolute atomic E-state index is 13.8. The molecule has 1 fully saturated rings. The number of hydrogen-bond acceptors (Lipinski definition) is 4. The summed E-state index contributed by atoms with van der Waals surface area (Å²) in [6.07, 6.45) is 0.891. The van der Waals surface area contributed by atoms with E-state index in [2.05, 4.69) is 88.5 Å². The zero-order valence-electron chi connectivity index (χ0n) is 22.2. The molecule has 196 valence electrons. The lowest BCUT2D eigenvalue weighted by Crippen LogP contribution is -2.48. The van der Waals surface area contributed by atoms with Crippen molar-refractivity contribution < 1.29 is 4.79 Å². The van der Waals surface area contributed by atoms with Crippen molar-refractivity contribution in [2.45, 2.75) is 19.9 Å². The van der Waals surface area contributed by atoms with Crippen LogP contribution < -0.4 is 4.90 Å². The molecule has 3 heterocycles. The van der Waals surface area contributed by atoms with Crippen molar-refractivity contribution >= 4 is 22.9 Å². The third-order valence-electron chi connectivity index (χ3n) is 7.54. The fourth-order valence-electron chi connectivity index (χ4n) is 5.33. The zero-order chi connectivity index (χ0) is 26.6. The number of carbonyl (C=O) groups excluding carboxylic acids is 1. The molecule has 0 atom stereocenters. The van der Waals surface area contributed by atoms with E-state index in [1.807, 2.05) is 35.2 Å². The van der Waals surface area contributed by atoms with E-state index in [-0.39, 0.29) is 5.91 Å². The molecule has 6 rings (SSSR count). The van der Waals surface area contributed by atoms with Gasteiger partial charge < -0.3 is 14.4 Å². The molecule has 39 heavy (non-hydrogen) atoms. The van der Waals surface area contributed by atoms with Gasteiger partial charge in [0.15, 0.2) is 0 Å². The van der Waals surface area contributed by atoms with Gasteiger partial charge in [-0.2, -0.15) is 0 Å². The van der Waals surface area contributed by atoms with Crippen LogP contribution in [0.25, 0.3) is 22.0 Å². The maximum Gasteiger partial charge on any atom is 0.255 e. The number of benzene rings is 3. The first-order chi connectivity index (χ1) is 19.2. The Kier molecular flexibility index (Phi) is 7.28. The molecule has 0 bridgehead atoms. The summed E-state index contributed by atoms with van der Waals surface area (Å²) >= 11 is 1.65. The third kappa shape index (κ3) is 5.38. The molecule has 0 unspecified atom stereocenters. The number of para-hydroxylation sites is 1. The summed E-state index contributed by atoms with van der Waals surface area (Å²) in [6.45, 7) is 5.97. The zero-order valence-corrected chi connectivity index (χ0v) is 23.0. The molecule has 0 spiro atoms. The Bertz CT molecular complexity index is 1530. The highest BCUT2D eigenvalue weighted by Crippen LogP contribution is 2.32. The van der Waals surface area contributed by atoms with Gasteiger partial charge in [0.1, 0.15) is 5.01 Å². The number of anilines is 1. The van der Waals surface area contributed by atoms with Crippen LogP contribution in [-0.4, -0.2) is 46.5 Å². The van der Waals surface area contributed by atoms with Gasteiger partial charge in [-0.1, -0.05) is 78.9 Å². The smallest absolute Gasteiger partial charge is 0.255 e. The van der Waals surface area contributed by atoms with Crippen LogP contribution in [-0.2, 0) is 13.0 Å². The second-order valence-corrected chi connectivity index (χ2v) is 10.8. The van der Waals surface area contributed by atoms with Gasteiger partial charge in [0.2, 0.25) is 0 Å². The molecule has 0 aliphatic carbocycles. The highest BCUT2D eigenvalue weighted by Gasteiger charge is 2.27. The van der Waals surface area contributed by atoms with Crippen LogP contribution in [0.4, 0.5) is 5.69 Å². The van der Waals surface area contributed by atoms with Gasteiger partial charge in [0.05, 0.1) is 17.0 Å². The summed E-state index contributed by atoms with van der Waals surface area (Å²) in [7, 11) is 0. The van der Waals surface area contributed by atoms with Crippen molar-refractivity contribution in [1.82, 2.24) is 14.5 Å². The Labute approximate surface area is 234 Å². The van der Waals surface area contributed by atoms with Crippen LogP contribution >= 0.6 is 11.3 Å². The first-order valence-corrected chi connectivity index (χ1v) is 14.4. The molecule has 1 amide bonds. The molecule has 6 heteroatoms. The number of rotatable bonds is 7. The minimum Gasteiger partial charge on any atom is -0.368 e. The number of thiazole rings is 1. The lowest BCUT2D eigenvalue weighted by Gasteiger charge is -2.36. The lowest BCUT2D eigenvalue weighted by molar-refractivity contribution is 0.0746. The van der Waals surface area contributed by atoms with Crippen molar-refractivity contribution in [3.05, 3.63) is 119 Å². The predicted molar refractivity (Wildman–Crippen MR) is 160 cm³/mol. The van der Waals surface area contributed by atoms with E-state index in [0.29, 0.717) is 13.1 Å². The van der Waals surface area contributed by atoms with E-state index < -0.39 is 0 Å². The van der Waals surface area contributed by atoms with Crippen LogP contribution in [0, 0.1) is 6.92 Å². The molecular formula is C33H32N4OS. The molecule has 5 nitrogen and oxygen atoms in total. The Hall–Kier alpha value is -4.16. The summed E-state index contributed by atoms with van der Waals surface area (Å²) in [4.78, 5) is 23.2. The molecule has 0 radical (unpaired) electrons. The quantitative estimate of drug-likeness (QED) is 0.232. The van der Waals surface area contributed by atoms with Crippen molar-refractivity contribution in [3.8, 4) is 22.0 Å². The van der Waals surface area contributed by atoms with Crippen molar-refractivity contribution in [2.75, 3.05) is 31.1 Å². The number of carbonyl (C=O) groups is 1. The molecule has 1 aliphatic heterocycles. The molecule has 3 aromatic carbocycles. The van der Waals surface area contributed by atoms with Crippen LogP contribution in [0.15, 0.2) is 102 Å². The summed E-state index contributed by atoms with van der Waals surface area (Å²) in [5, 5.41) is 3.10. The summed E-state index contributed by atoms with van der Waals surface area (Å²) in [5.41, 5.74) is 7.32. The topological polar surface area (TPSA) is 41.4 Å². The summed E-state index contributed by atoms with van der Waals surface area (Å²) < 4.78 is 2.28. The fraction of sp³-hybridized carbons (Fsp3) is 0.212. The van der Waals surface area contributed by atoms with Gasteiger partial charge in [-0.05, 0) is 37.1 Å². The summed E-state index contributed by atoms with van der Waals surface area (Å²) in [5.74, 6) is 0.110. The predicted octanol–water partition coefficient (Wildman–Crippen LogP) is 6.79. The average molecular weight is 533 g/mol. The monoisotopic (exact) mass is 532 g/mol. The number of amides is 1. The minimum absolute atomic E-state index is 0.110. The van der Waals surface area contributed by atoms with Crippen molar-refractivity contribution in [3.63, 3.8) is 0 Å². The molecule has 1 aliphatic rings. The van der Waals surface area contributed by atoms with E-state index in [4.69, 9.17) is 4.98 Å². The van der Waals surface area contributed by atoms with Crippen LogP contribution in [0.5, 0.6) is 0 Å². The number of nitrogens with zero attached hydrogens (tertiary/aromatic N) is 4. The van der Waals surface area contributed by atoms with Gasteiger partial charge in [0.25, 0.3) is 5.91 Å². The van der Waals surface area contributed by atoms with Crippen LogP contribution in [0.2, 0.25) is 0 Å².